The average molecular weight is 198 g/mol. The van der Waals surface area contributed by atoms with Crippen LogP contribution in [0.25, 0.3) is 0 Å². The van der Waals surface area contributed by atoms with Crippen LogP contribution in [0.4, 0.5) is 0 Å². The minimum atomic E-state index is 0.166. The van der Waals surface area contributed by atoms with E-state index < -0.39 is 0 Å². The van der Waals surface area contributed by atoms with Crippen molar-refractivity contribution in [3.05, 3.63) is 22.6 Å². The molecule has 1 aromatic rings. The zero-order chi connectivity index (χ0) is 10.0. The van der Waals surface area contributed by atoms with Gasteiger partial charge in [-0.1, -0.05) is 0 Å². The standard InChI is InChI=1S/C10H14O2S/c1-6-7(2)12-8(3)10(6)9(11)5-13-4/h5H2,1-4H3. The summed E-state index contributed by atoms with van der Waals surface area (Å²) in [4.78, 5) is 11.6. The van der Waals surface area contributed by atoms with Crippen molar-refractivity contribution in [1.82, 2.24) is 0 Å². The molecule has 1 heterocycles. The van der Waals surface area contributed by atoms with Gasteiger partial charge in [0, 0.05) is 5.56 Å². The SMILES string of the molecule is CSCC(=O)c1c(C)oc(C)c1C. The second kappa shape index (κ2) is 4.01. The van der Waals surface area contributed by atoms with Crippen LogP contribution in [-0.4, -0.2) is 17.8 Å². The van der Waals surface area contributed by atoms with Crippen LogP contribution in [0.1, 0.15) is 27.4 Å². The molecular formula is C10H14O2S. The molecular weight excluding hydrogens is 184 g/mol. The molecule has 0 spiro atoms. The Balaban J connectivity index is 3.06. The summed E-state index contributed by atoms with van der Waals surface area (Å²) in [5, 5.41) is 0. The van der Waals surface area contributed by atoms with Gasteiger partial charge in [-0.15, -0.1) is 0 Å². The predicted molar refractivity (Wildman–Crippen MR) is 55.6 cm³/mol. The highest BCUT2D eigenvalue weighted by atomic mass is 32.2. The lowest BCUT2D eigenvalue weighted by molar-refractivity contribution is 0.102. The fourth-order valence-electron chi connectivity index (χ4n) is 1.41. The van der Waals surface area contributed by atoms with Crippen molar-refractivity contribution in [2.45, 2.75) is 20.8 Å². The molecule has 0 atom stereocenters. The van der Waals surface area contributed by atoms with Crippen molar-refractivity contribution in [1.29, 1.82) is 0 Å². The minimum Gasteiger partial charge on any atom is -0.466 e. The third kappa shape index (κ3) is 1.97. The van der Waals surface area contributed by atoms with Gasteiger partial charge in [0.25, 0.3) is 0 Å². The Hall–Kier alpha value is -0.700. The molecule has 13 heavy (non-hydrogen) atoms. The maximum absolute atomic E-state index is 11.6. The van der Waals surface area contributed by atoms with Crippen molar-refractivity contribution >= 4 is 17.5 Å². The molecule has 0 fully saturated rings. The summed E-state index contributed by atoms with van der Waals surface area (Å²) in [6, 6.07) is 0. The maximum atomic E-state index is 11.6. The van der Waals surface area contributed by atoms with Gasteiger partial charge in [0.1, 0.15) is 11.5 Å². The van der Waals surface area contributed by atoms with E-state index in [1.165, 1.54) is 0 Å². The topological polar surface area (TPSA) is 30.2 Å². The Kier molecular flexibility index (Phi) is 3.20. The molecule has 0 aliphatic heterocycles. The quantitative estimate of drug-likeness (QED) is 0.699. The van der Waals surface area contributed by atoms with Crippen molar-refractivity contribution in [3.8, 4) is 0 Å². The molecule has 0 radical (unpaired) electrons. The smallest absolute Gasteiger partial charge is 0.176 e. The van der Waals surface area contributed by atoms with Crippen LogP contribution in [0.2, 0.25) is 0 Å². The Morgan fingerprint density at radius 2 is 1.92 bits per heavy atom. The summed E-state index contributed by atoms with van der Waals surface area (Å²) in [7, 11) is 0. The molecule has 0 saturated heterocycles. The first-order valence-corrected chi connectivity index (χ1v) is 5.56. The van der Waals surface area contributed by atoms with Gasteiger partial charge in [0.15, 0.2) is 5.78 Å². The number of rotatable bonds is 3. The van der Waals surface area contributed by atoms with E-state index in [0.717, 1.165) is 22.6 Å². The number of Topliss-reactive ketones (excluding diaryl/α,β-unsaturated/α-hetero) is 1. The average Bonchev–Trinajstić information content (AvgIpc) is 2.27. The summed E-state index contributed by atoms with van der Waals surface area (Å²) in [6.45, 7) is 5.66. The molecule has 1 aromatic heterocycles. The highest BCUT2D eigenvalue weighted by Gasteiger charge is 2.17. The molecule has 0 amide bonds. The van der Waals surface area contributed by atoms with Crippen molar-refractivity contribution < 1.29 is 9.21 Å². The number of thioether (sulfide) groups is 1. The van der Waals surface area contributed by atoms with E-state index in [0.29, 0.717) is 5.75 Å². The van der Waals surface area contributed by atoms with Crippen LogP contribution in [-0.2, 0) is 0 Å². The normalized spacial score (nSPS) is 10.5. The summed E-state index contributed by atoms with van der Waals surface area (Å²) < 4.78 is 5.38. The Morgan fingerprint density at radius 1 is 1.31 bits per heavy atom. The van der Waals surface area contributed by atoms with E-state index in [4.69, 9.17) is 4.42 Å². The fraction of sp³-hybridized carbons (Fsp3) is 0.500. The van der Waals surface area contributed by atoms with Crippen LogP contribution in [0.5, 0.6) is 0 Å². The third-order valence-electron chi connectivity index (χ3n) is 2.12. The largest absolute Gasteiger partial charge is 0.466 e. The molecule has 0 aromatic carbocycles. The highest BCUT2D eigenvalue weighted by molar-refractivity contribution is 7.99. The fourth-order valence-corrected chi connectivity index (χ4v) is 1.81. The third-order valence-corrected chi connectivity index (χ3v) is 2.67. The van der Waals surface area contributed by atoms with Crippen LogP contribution in [0, 0.1) is 20.8 Å². The van der Waals surface area contributed by atoms with E-state index in [-0.39, 0.29) is 5.78 Å². The Bertz CT molecular complexity index is 326. The highest BCUT2D eigenvalue weighted by Crippen LogP contribution is 2.21. The van der Waals surface area contributed by atoms with Gasteiger partial charge < -0.3 is 4.42 Å². The zero-order valence-corrected chi connectivity index (χ0v) is 9.25. The van der Waals surface area contributed by atoms with E-state index >= 15 is 0 Å². The molecule has 0 aliphatic carbocycles. The van der Waals surface area contributed by atoms with E-state index in [1.54, 1.807) is 11.8 Å². The lowest BCUT2D eigenvalue weighted by Crippen LogP contribution is -2.04. The van der Waals surface area contributed by atoms with E-state index in [9.17, 15) is 4.79 Å². The number of furan rings is 1. The van der Waals surface area contributed by atoms with Gasteiger partial charge in [-0.3, -0.25) is 4.79 Å². The Labute approximate surface area is 82.7 Å². The number of ketones is 1. The first-order valence-electron chi connectivity index (χ1n) is 4.16. The van der Waals surface area contributed by atoms with Crippen LogP contribution in [0.15, 0.2) is 4.42 Å². The summed E-state index contributed by atoms with van der Waals surface area (Å²) in [6.07, 6.45) is 1.93. The van der Waals surface area contributed by atoms with Gasteiger partial charge >= 0.3 is 0 Å². The molecule has 1 rings (SSSR count). The van der Waals surface area contributed by atoms with Crippen molar-refractivity contribution in [3.63, 3.8) is 0 Å². The van der Waals surface area contributed by atoms with Crippen molar-refractivity contribution in [2.75, 3.05) is 12.0 Å². The first-order chi connectivity index (χ1) is 6.07. The van der Waals surface area contributed by atoms with E-state index in [2.05, 4.69) is 0 Å². The van der Waals surface area contributed by atoms with Gasteiger partial charge in [0.05, 0.1) is 11.3 Å². The number of carbonyl (C=O) groups is 1. The zero-order valence-electron chi connectivity index (χ0n) is 8.43. The van der Waals surface area contributed by atoms with Crippen LogP contribution in [0.3, 0.4) is 0 Å². The lowest BCUT2D eigenvalue weighted by atomic mass is 10.1. The molecule has 0 N–H and O–H groups in total. The number of aryl methyl sites for hydroxylation is 2. The molecule has 0 saturated carbocycles. The molecule has 3 heteroatoms. The monoisotopic (exact) mass is 198 g/mol. The number of hydrogen-bond donors (Lipinski definition) is 0. The van der Waals surface area contributed by atoms with Gasteiger partial charge in [-0.25, -0.2) is 0 Å². The molecule has 0 aliphatic rings. The summed E-state index contributed by atoms with van der Waals surface area (Å²) >= 11 is 1.54. The summed E-state index contributed by atoms with van der Waals surface area (Å²) in [5.74, 6) is 2.29. The molecule has 0 unspecified atom stereocenters. The van der Waals surface area contributed by atoms with Crippen LogP contribution >= 0.6 is 11.8 Å². The number of carbonyl (C=O) groups excluding carboxylic acids is 1. The number of hydrogen-bond acceptors (Lipinski definition) is 3. The van der Waals surface area contributed by atoms with Gasteiger partial charge in [-0.05, 0) is 27.0 Å². The Morgan fingerprint density at radius 3 is 2.31 bits per heavy atom. The molecule has 0 bridgehead atoms. The maximum Gasteiger partial charge on any atom is 0.176 e. The second-order valence-electron chi connectivity index (χ2n) is 3.07. The lowest BCUT2D eigenvalue weighted by Gasteiger charge is -1.97. The van der Waals surface area contributed by atoms with Crippen LogP contribution < -0.4 is 0 Å². The van der Waals surface area contributed by atoms with Gasteiger partial charge in [-0.2, -0.15) is 11.8 Å². The molecule has 72 valence electrons. The first kappa shape index (κ1) is 10.4. The predicted octanol–water partition coefficient (Wildman–Crippen LogP) is 2.75. The van der Waals surface area contributed by atoms with E-state index in [1.807, 2.05) is 27.0 Å². The minimum absolute atomic E-state index is 0.166. The summed E-state index contributed by atoms with van der Waals surface area (Å²) in [5.41, 5.74) is 1.75. The van der Waals surface area contributed by atoms with Gasteiger partial charge in [0.2, 0.25) is 0 Å². The molecule has 2 nitrogen and oxygen atoms in total. The second-order valence-corrected chi connectivity index (χ2v) is 3.94. The van der Waals surface area contributed by atoms with Crippen molar-refractivity contribution in [2.24, 2.45) is 0 Å².